The fourth-order valence-corrected chi connectivity index (χ4v) is 8.33. The molecule has 0 radical (unpaired) electrons. The highest BCUT2D eigenvalue weighted by Crippen LogP contribution is 2.53. The largest absolute Gasteiger partial charge is 0.428 e. The molecular formula is C26H25F6N3O4S. The maximum Gasteiger partial charge on any atom is 0.428 e. The number of halogens is 6. The number of aryl methyl sites for hydroxylation is 1. The number of benzene rings is 1. The van der Waals surface area contributed by atoms with Crippen molar-refractivity contribution in [1.29, 1.82) is 0 Å². The van der Waals surface area contributed by atoms with E-state index in [-0.39, 0.29) is 53.8 Å². The van der Waals surface area contributed by atoms with Gasteiger partial charge >= 0.3 is 6.18 Å². The zero-order valence-corrected chi connectivity index (χ0v) is 21.7. The highest BCUT2D eigenvalue weighted by molar-refractivity contribution is 7.92. The molecule has 40 heavy (non-hydrogen) atoms. The van der Waals surface area contributed by atoms with Gasteiger partial charge in [-0.25, -0.2) is 21.6 Å². The van der Waals surface area contributed by atoms with Gasteiger partial charge in [-0.15, -0.1) is 0 Å². The highest BCUT2D eigenvalue weighted by Gasteiger charge is 2.63. The second-order valence-corrected chi connectivity index (χ2v) is 12.5. The Kier molecular flexibility index (Phi) is 5.65. The van der Waals surface area contributed by atoms with Crippen molar-refractivity contribution in [1.82, 2.24) is 14.8 Å². The van der Waals surface area contributed by atoms with Crippen molar-refractivity contribution in [2.45, 2.75) is 72.3 Å². The first-order chi connectivity index (χ1) is 19.7. The van der Waals surface area contributed by atoms with E-state index >= 15 is 0 Å². The van der Waals surface area contributed by atoms with Gasteiger partial charge in [-0.2, -0.15) is 13.2 Å². The Hall–Kier alpha value is -3.16. The summed E-state index contributed by atoms with van der Waals surface area (Å²) in [5.74, 6) is -3.17. The zero-order valence-electron chi connectivity index (χ0n) is 23.9. The topological polar surface area (TPSA) is 87.7 Å². The third-order valence-corrected chi connectivity index (χ3v) is 10.7. The highest BCUT2D eigenvalue weighted by atomic mass is 32.2. The number of hydrogen-bond donors (Lipinski definition) is 0. The minimum Gasteiger partial charge on any atom is -0.336 e. The molecule has 5 rings (SSSR count). The van der Waals surface area contributed by atoms with Crippen LogP contribution in [0.4, 0.5) is 26.3 Å². The summed E-state index contributed by atoms with van der Waals surface area (Å²) in [6.07, 6.45) is -9.13. The number of hydrogen-bond acceptors (Lipinski definition) is 5. The Morgan fingerprint density at radius 1 is 1.15 bits per heavy atom. The zero-order chi connectivity index (χ0) is 31.9. The van der Waals surface area contributed by atoms with E-state index in [0.717, 1.165) is 41.3 Å². The maximum atomic E-state index is 14.8. The molecule has 3 heterocycles. The minimum atomic E-state index is -5.33. The van der Waals surface area contributed by atoms with E-state index in [4.69, 9.17) is 4.11 Å². The molecule has 0 N–H and O–H groups in total. The lowest BCUT2D eigenvalue weighted by atomic mass is 9.80. The second-order valence-electron chi connectivity index (χ2n) is 10.3. The van der Waals surface area contributed by atoms with E-state index in [1.807, 2.05) is 0 Å². The van der Waals surface area contributed by atoms with Crippen LogP contribution in [0.25, 0.3) is 0 Å². The third kappa shape index (κ3) is 3.92. The number of likely N-dealkylation sites (tertiary alicyclic amines) is 2. The number of carbonyl (C=O) groups is 2. The molecule has 1 aromatic heterocycles. The van der Waals surface area contributed by atoms with E-state index < -0.39 is 81.4 Å². The number of amides is 2. The summed E-state index contributed by atoms with van der Waals surface area (Å²) < 4.78 is 133. The van der Waals surface area contributed by atoms with E-state index in [1.54, 1.807) is 0 Å². The fraction of sp³-hybridized carbons (Fsp3) is 0.500. The standard InChI is InChI=1S/C26H25F6N3O4S/c1-24(29,26(30,31)32)20-9-7-16-18(33-20)8-10-21-25(16,40(38,39)15-5-3-14(27)4-6-15)11-12-35(21)23(37)19-13-17(28)22(36)34(19)2/h3-7,9,17,19,21H,8,10-13H2,1-2H3/t17-,19+,21?,24?,25?/m1/s1/i2D3. The van der Waals surface area contributed by atoms with Gasteiger partial charge in [0.05, 0.1) is 16.6 Å². The minimum absolute atomic E-state index is 0.0938. The number of nitrogens with zero attached hydrogens (tertiary/aromatic N) is 3. The first kappa shape index (κ1) is 24.6. The van der Waals surface area contributed by atoms with E-state index in [9.17, 15) is 44.3 Å². The molecule has 3 aliphatic rings. The normalized spacial score (nSPS) is 29.7. The second kappa shape index (κ2) is 9.18. The number of carbonyl (C=O) groups excluding carboxylic acids is 2. The van der Waals surface area contributed by atoms with Crippen LogP contribution in [0.5, 0.6) is 0 Å². The van der Waals surface area contributed by atoms with Gasteiger partial charge in [0.2, 0.25) is 11.6 Å². The summed E-state index contributed by atoms with van der Waals surface area (Å²) >= 11 is 0. The molecule has 3 unspecified atom stereocenters. The first-order valence-electron chi connectivity index (χ1n) is 13.8. The quantitative estimate of drug-likeness (QED) is 0.399. The SMILES string of the molecule is [2H]C([2H])([2H])N1C(=O)[C@H](F)C[C@H]1C(=O)N1CCC2(S(=O)(=O)c3ccc(F)cc3)c3ccc(C(C)(F)C(F)(F)F)nc3CCC12. The lowest BCUT2D eigenvalue weighted by Gasteiger charge is -2.43. The number of fused-ring (bicyclic) bond motifs is 3. The van der Waals surface area contributed by atoms with Gasteiger partial charge in [-0.1, -0.05) is 6.07 Å². The molecule has 2 saturated heterocycles. The Balaban J connectivity index is 1.65. The molecule has 14 heteroatoms. The average molecular weight is 593 g/mol. The number of likely N-dealkylation sites (N-methyl/N-ethyl adjacent to an activating group) is 1. The summed E-state index contributed by atoms with van der Waals surface area (Å²) in [7, 11) is -4.60. The molecule has 7 nitrogen and oxygen atoms in total. The van der Waals surface area contributed by atoms with Gasteiger partial charge in [-0.05, 0) is 62.1 Å². The first-order valence-corrected chi connectivity index (χ1v) is 13.8. The molecule has 0 spiro atoms. The lowest BCUT2D eigenvalue weighted by molar-refractivity contribution is -0.230. The van der Waals surface area contributed by atoms with Crippen LogP contribution in [-0.4, -0.2) is 73.0 Å². The number of alkyl halides is 5. The van der Waals surface area contributed by atoms with Crippen LogP contribution in [0.2, 0.25) is 0 Å². The Bertz CT molecular complexity index is 1590. The fourth-order valence-electron chi connectivity index (χ4n) is 5.98. The predicted molar refractivity (Wildman–Crippen MR) is 129 cm³/mol. The molecule has 2 aliphatic heterocycles. The number of pyridine rings is 1. The van der Waals surface area contributed by atoms with Gasteiger partial charge in [-0.3, -0.25) is 14.6 Å². The van der Waals surface area contributed by atoms with Crippen molar-refractivity contribution in [2.75, 3.05) is 13.5 Å². The van der Waals surface area contributed by atoms with Crippen molar-refractivity contribution in [3.63, 3.8) is 0 Å². The molecule has 0 saturated carbocycles. The van der Waals surface area contributed by atoms with Crippen LogP contribution < -0.4 is 0 Å². The summed E-state index contributed by atoms with van der Waals surface area (Å²) in [4.78, 5) is 30.8. The Labute approximate surface area is 230 Å². The van der Waals surface area contributed by atoms with Crippen molar-refractivity contribution in [2.24, 2.45) is 0 Å². The van der Waals surface area contributed by atoms with Gasteiger partial charge in [0.15, 0.2) is 16.0 Å². The van der Waals surface area contributed by atoms with E-state index in [1.165, 1.54) is 0 Å². The maximum absolute atomic E-state index is 14.8. The molecule has 2 aromatic rings. The number of sulfone groups is 1. The van der Waals surface area contributed by atoms with Crippen LogP contribution in [0.1, 0.15) is 47.2 Å². The Morgan fingerprint density at radius 2 is 1.82 bits per heavy atom. The molecule has 2 amide bonds. The van der Waals surface area contributed by atoms with Crippen molar-refractivity contribution >= 4 is 21.7 Å². The Morgan fingerprint density at radius 3 is 2.45 bits per heavy atom. The molecule has 2 fully saturated rings. The predicted octanol–water partition coefficient (Wildman–Crippen LogP) is 3.75. The van der Waals surface area contributed by atoms with Crippen LogP contribution in [0.3, 0.4) is 0 Å². The number of aromatic nitrogens is 1. The number of rotatable bonds is 4. The van der Waals surface area contributed by atoms with Gasteiger partial charge in [0, 0.05) is 29.7 Å². The average Bonchev–Trinajstić information content (AvgIpc) is 3.46. The van der Waals surface area contributed by atoms with Gasteiger partial charge in [0.1, 0.15) is 16.6 Å². The smallest absolute Gasteiger partial charge is 0.336 e. The molecule has 0 bridgehead atoms. The molecule has 216 valence electrons. The molecule has 1 aromatic carbocycles. The van der Waals surface area contributed by atoms with Crippen LogP contribution >= 0.6 is 0 Å². The van der Waals surface area contributed by atoms with Crippen LogP contribution in [-0.2, 0) is 36.3 Å². The van der Waals surface area contributed by atoms with E-state index in [0.29, 0.717) is 0 Å². The van der Waals surface area contributed by atoms with Gasteiger partial charge in [0.25, 0.3) is 5.91 Å². The van der Waals surface area contributed by atoms with E-state index in [2.05, 4.69) is 4.98 Å². The van der Waals surface area contributed by atoms with Crippen molar-refractivity contribution in [3.8, 4) is 0 Å². The molecule has 1 aliphatic carbocycles. The molecular weight excluding hydrogens is 564 g/mol. The summed E-state index contributed by atoms with van der Waals surface area (Å²) in [6.45, 7) is -3.21. The van der Waals surface area contributed by atoms with Gasteiger partial charge < -0.3 is 9.80 Å². The molecule has 5 atom stereocenters. The third-order valence-electron chi connectivity index (χ3n) is 8.16. The summed E-state index contributed by atoms with van der Waals surface area (Å²) in [6, 6.07) is 2.47. The van der Waals surface area contributed by atoms with Crippen molar-refractivity contribution in [3.05, 3.63) is 59.2 Å². The monoisotopic (exact) mass is 592 g/mol. The van der Waals surface area contributed by atoms with Crippen molar-refractivity contribution < 1.29 is 48.5 Å². The summed E-state index contributed by atoms with van der Waals surface area (Å²) in [5, 5.41) is 0. The summed E-state index contributed by atoms with van der Waals surface area (Å²) in [5.41, 5.74) is -5.10. The van der Waals surface area contributed by atoms with Crippen LogP contribution in [0.15, 0.2) is 41.3 Å². The lowest BCUT2D eigenvalue weighted by Crippen LogP contribution is -2.55. The van der Waals surface area contributed by atoms with Crippen LogP contribution in [0, 0.1) is 5.82 Å².